The maximum Gasteiger partial charge on any atom is 0.344 e. The molecule has 5 nitrogen and oxygen atoms in total. The third-order valence-corrected chi connectivity index (χ3v) is 2.78. The first-order valence-electron chi connectivity index (χ1n) is 5.15. The van der Waals surface area contributed by atoms with Gasteiger partial charge in [-0.25, -0.2) is 9.89 Å². The molecule has 1 N–H and O–H groups in total. The highest BCUT2D eigenvalue weighted by atomic mass is 16.5. The Labute approximate surface area is 91.7 Å². The van der Waals surface area contributed by atoms with Crippen LogP contribution in [0.25, 0.3) is 0 Å². The summed E-state index contributed by atoms with van der Waals surface area (Å²) in [6.45, 7) is 0.901. The molecule has 1 aromatic heterocycles. The first-order chi connectivity index (χ1) is 7.86. The molecule has 0 bridgehead atoms. The fourth-order valence-electron chi connectivity index (χ4n) is 2.02. The van der Waals surface area contributed by atoms with E-state index in [1.165, 1.54) is 0 Å². The molecule has 3 rings (SSSR count). The smallest absolute Gasteiger partial charge is 0.344 e. The molecular formula is C11H11N3O2. The van der Waals surface area contributed by atoms with E-state index in [2.05, 4.69) is 10.2 Å². The summed E-state index contributed by atoms with van der Waals surface area (Å²) in [5.41, 5.74) is 0.888. The van der Waals surface area contributed by atoms with Gasteiger partial charge in [-0.3, -0.25) is 4.57 Å². The van der Waals surface area contributed by atoms with E-state index in [0.717, 1.165) is 5.56 Å². The maximum atomic E-state index is 11.6. The minimum atomic E-state index is -0.174. The molecule has 0 aliphatic carbocycles. The molecule has 0 radical (unpaired) electrons. The number of H-pyrrole nitrogens is 1. The second-order valence-corrected chi connectivity index (χ2v) is 3.76. The van der Waals surface area contributed by atoms with E-state index in [-0.39, 0.29) is 11.7 Å². The van der Waals surface area contributed by atoms with Crippen molar-refractivity contribution in [1.29, 1.82) is 0 Å². The Balaban J connectivity index is 2.12. The van der Waals surface area contributed by atoms with Crippen LogP contribution in [0.1, 0.15) is 17.4 Å². The molecule has 1 aliphatic rings. The number of nitrogens with zero attached hydrogens (tertiary/aromatic N) is 2. The normalized spacial score (nSPS) is 19.4. The molecule has 0 amide bonds. The monoisotopic (exact) mass is 217 g/mol. The first-order valence-corrected chi connectivity index (χ1v) is 5.15. The molecule has 1 aromatic carbocycles. The molecule has 2 aromatic rings. The number of aromatic nitrogens is 3. The molecule has 2 heterocycles. The van der Waals surface area contributed by atoms with Crippen LogP contribution >= 0.6 is 0 Å². The number of ether oxygens (including phenoxy) is 1. The van der Waals surface area contributed by atoms with E-state index in [1.54, 1.807) is 4.57 Å². The van der Waals surface area contributed by atoms with Crippen LogP contribution in [0.4, 0.5) is 0 Å². The Kier molecular flexibility index (Phi) is 2.11. The van der Waals surface area contributed by atoms with Crippen molar-refractivity contribution in [2.75, 3.05) is 6.61 Å². The van der Waals surface area contributed by atoms with Crippen molar-refractivity contribution in [2.24, 2.45) is 0 Å². The highest BCUT2D eigenvalue weighted by Crippen LogP contribution is 2.22. The lowest BCUT2D eigenvalue weighted by molar-refractivity contribution is 0.0651. The van der Waals surface area contributed by atoms with E-state index < -0.39 is 0 Å². The van der Waals surface area contributed by atoms with Crippen molar-refractivity contribution >= 4 is 0 Å². The van der Waals surface area contributed by atoms with Crippen LogP contribution in [0.3, 0.4) is 0 Å². The molecule has 0 fully saturated rings. The van der Waals surface area contributed by atoms with Crippen molar-refractivity contribution in [1.82, 2.24) is 14.8 Å². The Hall–Kier alpha value is -1.88. The van der Waals surface area contributed by atoms with E-state index >= 15 is 0 Å². The number of hydrogen-bond donors (Lipinski definition) is 1. The highest BCUT2D eigenvalue weighted by molar-refractivity contribution is 5.21. The predicted octanol–water partition coefficient (Wildman–Crippen LogP) is 0.691. The third-order valence-electron chi connectivity index (χ3n) is 2.78. The zero-order chi connectivity index (χ0) is 11.0. The van der Waals surface area contributed by atoms with Gasteiger partial charge in [0.1, 0.15) is 6.61 Å². The lowest BCUT2D eigenvalue weighted by atomic mass is 10.1. The van der Waals surface area contributed by atoms with Crippen LogP contribution in [0.2, 0.25) is 0 Å². The average molecular weight is 217 g/mol. The minimum Gasteiger partial charge on any atom is -0.371 e. The van der Waals surface area contributed by atoms with Crippen LogP contribution in [0.15, 0.2) is 35.1 Å². The van der Waals surface area contributed by atoms with Gasteiger partial charge in [0.2, 0.25) is 0 Å². The Morgan fingerprint density at radius 3 is 3.00 bits per heavy atom. The van der Waals surface area contributed by atoms with Gasteiger partial charge in [0.05, 0.1) is 12.6 Å². The van der Waals surface area contributed by atoms with Gasteiger partial charge >= 0.3 is 5.69 Å². The van der Waals surface area contributed by atoms with Gasteiger partial charge in [-0.05, 0) is 5.56 Å². The minimum absolute atomic E-state index is 0.0730. The summed E-state index contributed by atoms with van der Waals surface area (Å²) in [5.74, 6) is 0.658. The van der Waals surface area contributed by atoms with Crippen LogP contribution in [-0.4, -0.2) is 21.4 Å². The van der Waals surface area contributed by atoms with Crippen molar-refractivity contribution in [3.8, 4) is 0 Å². The third kappa shape index (κ3) is 1.37. The Morgan fingerprint density at radius 1 is 1.38 bits per heavy atom. The molecular weight excluding hydrogens is 206 g/mol. The van der Waals surface area contributed by atoms with Crippen LogP contribution in [-0.2, 0) is 11.3 Å². The zero-order valence-corrected chi connectivity index (χ0v) is 8.59. The average Bonchev–Trinajstić information content (AvgIpc) is 2.73. The number of fused-ring (bicyclic) bond motifs is 1. The van der Waals surface area contributed by atoms with Gasteiger partial charge in [-0.1, -0.05) is 30.3 Å². The number of aromatic amines is 1. The molecule has 0 unspecified atom stereocenters. The van der Waals surface area contributed by atoms with Crippen molar-refractivity contribution in [3.63, 3.8) is 0 Å². The molecule has 1 aliphatic heterocycles. The van der Waals surface area contributed by atoms with Crippen molar-refractivity contribution < 1.29 is 4.74 Å². The lowest BCUT2D eigenvalue weighted by Gasteiger charge is -2.23. The summed E-state index contributed by atoms with van der Waals surface area (Å²) in [6.07, 6.45) is 0. The molecule has 0 spiro atoms. The summed E-state index contributed by atoms with van der Waals surface area (Å²) < 4.78 is 7.10. The fourth-order valence-corrected chi connectivity index (χ4v) is 2.02. The Bertz CT molecular complexity index is 544. The molecule has 5 heteroatoms. The standard InChI is InChI=1S/C11H11N3O2/c15-11-13-12-10-7-16-6-9(14(10)11)8-4-2-1-3-5-8/h1-5,9H,6-7H2,(H,13,15)/t9-/m0/s1. The van der Waals surface area contributed by atoms with Gasteiger partial charge in [-0.15, -0.1) is 0 Å². The van der Waals surface area contributed by atoms with Gasteiger partial charge in [0.15, 0.2) is 5.82 Å². The molecule has 82 valence electrons. The second-order valence-electron chi connectivity index (χ2n) is 3.76. The largest absolute Gasteiger partial charge is 0.371 e. The molecule has 0 saturated heterocycles. The topological polar surface area (TPSA) is 59.9 Å². The van der Waals surface area contributed by atoms with Gasteiger partial charge in [0.25, 0.3) is 0 Å². The molecule has 0 saturated carbocycles. The van der Waals surface area contributed by atoms with Crippen molar-refractivity contribution in [2.45, 2.75) is 12.6 Å². The number of nitrogens with one attached hydrogen (secondary N) is 1. The van der Waals surface area contributed by atoms with Crippen LogP contribution in [0.5, 0.6) is 0 Å². The summed E-state index contributed by atoms with van der Waals surface area (Å²) in [7, 11) is 0. The van der Waals surface area contributed by atoms with Gasteiger partial charge in [0, 0.05) is 0 Å². The number of benzene rings is 1. The summed E-state index contributed by atoms with van der Waals surface area (Å²) in [4.78, 5) is 11.6. The second kappa shape index (κ2) is 3.61. The number of hydrogen-bond acceptors (Lipinski definition) is 3. The SMILES string of the molecule is O=c1[nH]nc2n1[C@H](c1ccccc1)COC2. The van der Waals surface area contributed by atoms with Gasteiger partial charge < -0.3 is 4.74 Å². The van der Waals surface area contributed by atoms with E-state index in [4.69, 9.17) is 4.74 Å². The van der Waals surface area contributed by atoms with Gasteiger partial charge in [-0.2, -0.15) is 5.10 Å². The summed E-state index contributed by atoms with van der Waals surface area (Å²) >= 11 is 0. The fraction of sp³-hybridized carbons (Fsp3) is 0.273. The van der Waals surface area contributed by atoms with E-state index in [9.17, 15) is 4.79 Å². The highest BCUT2D eigenvalue weighted by Gasteiger charge is 2.24. The van der Waals surface area contributed by atoms with Crippen LogP contribution < -0.4 is 5.69 Å². The molecule has 16 heavy (non-hydrogen) atoms. The van der Waals surface area contributed by atoms with E-state index in [0.29, 0.717) is 19.0 Å². The summed E-state index contributed by atoms with van der Waals surface area (Å²) in [6, 6.07) is 9.76. The molecule has 1 atom stereocenters. The zero-order valence-electron chi connectivity index (χ0n) is 8.59. The lowest BCUT2D eigenvalue weighted by Crippen LogP contribution is -2.31. The predicted molar refractivity (Wildman–Crippen MR) is 57.1 cm³/mol. The van der Waals surface area contributed by atoms with Crippen LogP contribution in [0, 0.1) is 0 Å². The number of rotatable bonds is 1. The first kappa shape index (κ1) is 9.35. The quantitative estimate of drug-likeness (QED) is 0.764. The summed E-state index contributed by atoms with van der Waals surface area (Å²) in [5, 5.41) is 6.39. The maximum absolute atomic E-state index is 11.6. The van der Waals surface area contributed by atoms with Crippen molar-refractivity contribution in [3.05, 3.63) is 52.2 Å². The Morgan fingerprint density at radius 2 is 2.19 bits per heavy atom. The van der Waals surface area contributed by atoms with E-state index in [1.807, 2.05) is 30.3 Å².